The van der Waals surface area contributed by atoms with Crippen molar-refractivity contribution in [3.05, 3.63) is 69.7 Å². The van der Waals surface area contributed by atoms with E-state index in [0.29, 0.717) is 11.4 Å². The molecule has 0 aromatic heterocycles. The predicted molar refractivity (Wildman–Crippen MR) is 76.0 cm³/mol. The molecule has 1 unspecified atom stereocenters. The number of hydrogen-bond acceptors (Lipinski definition) is 1. The van der Waals surface area contributed by atoms with Gasteiger partial charge >= 0.3 is 0 Å². The standard InChI is InChI=1S/C16H17ClO/c1-11-8-14(15(17)9-12(11)2)16(18)10-13-6-4-3-5-7-13/h3-9,16,18H,10H2,1-2H3. The van der Waals surface area contributed by atoms with Gasteiger partial charge in [0.2, 0.25) is 0 Å². The summed E-state index contributed by atoms with van der Waals surface area (Å²) in [5.41, 5.74) is 4.22. The molecule has 1 atom stereocenters. The summed E-state index contributed by atoms with van der Waals surface area (Å²) in [5.74, 6) is 0. The lowest BCUT2D eigenvalue weighted by Crippen LogP contribution is -2.03. The van der Waals surface area contributed by atoms with Crippen LogP contribution in [0.1, 0.15) is 28.4 Å². The number of benzene rings is 2. The van der Waals surface area contributed by atoms with Crippen molar-refractivity contribution in [2.24, 2.45) is 0 Å². The van der Waals surface area contributed by atoms with Crippen LogP contribution in [-0.4, -0.2) is 5.11 Å². The van der Waals surface area contributed by atoms with Gasteiger partial charge in [-0.05, 0) is 42.2 Å². The molecule has 0 aliphatic rings. The van der Waals surface area contributed by atoms with Crippen LogP contribution in [0.5, 0.6) is 0 Å². The molecule has 2 aromatic rings. The zero-order chi connectivity index (χ0) is 13.1. The predicted octanol–water partition coefficient (Wildman–Crippen LogP) is 4.23. The van der Waals surface area contributed by atoms with Crippen LogP contribution in [0.4, 0.5) is 0 Å². The molecule has 0 radical (unpaired) electrons. The summed E-state index contributed by atoms with van der Waals surface area (Å²) in [4.78, 5) is 0. The summed E-state index contributed by atoms with van der Waals surface area (Å²) in [5, 5.41) is 10.9. The maximum absolute atomic E-state index is 10.3. The van der Waals surface area contributed by atoms with Crippen molar-refractivity contribution in [3.63, 3.8) is 0 Å². The first-order chi connectivity index (χ1) is 8.58. The van der Waals surface area contributed by atoms with E-state index >= 15 is 0 Å². The van der Waals surface area contributed by atoms with Crippen LogP contribution in [0.25, 0.3) is 0 Å². The lowest BCUT2D eigenvalue weighted by molar-refractivity contribution is 0.178. The van der Waals surface area contributed by atoms with E-state index in [1.54, 1.807) is 0 Å². The van der Waals surface area contributed by atoms with Gasteiger partial charge in [0.15, 0.2) is 0 Å². The van der Waals surface area contributed by atoms with Crippen LogP contribution in [0.15, 0.2) is 42.5 Å². The zero-order valence-electron chi connectivity index (χ0n) is 10.7. The van der Waals surface area contributed by atoms with Gasteiger partial charge in [-0.1, -0.05) is 48.0 Å². The fraction of sp³-hybridized carbons (Fsp3) is 0.250. The Bertz CT molecular complexity index is 534. The van der Waals surface area contributed by atoms with Crippen LogP contribution in [0.3, 0.4) is 0 Å². The van der Waals surface area contributed by atoms with Crippen LogP contribution in [-0.2, 0) is 6.42 Å². The average molecular weight is 261 g/mol. The van der Waals surface area contributed by atoms with E-state index in [0.717, 1.165) is 22.3 Å². The maximum atomic E-state index is 10.3. The summed E-state index contributed by atoms with van der Waals surface area (Å²) in [6, 6.07) is 13.8. The fourth-order valence-corrected chi connectivity index (χ4v) is 2.35. The van der Waals surface area contributed by atoms with E-state index in [-0.39, 0.29) is 0 Å². The van der Waals surface area contributed by atoms with E-state index in [1.165, 1.54) is 0 Å². The second-order valence-electron chi connectivity index (χ2n) is 4.66. The molecule has 0 amide bonds. The third-order valence-corrected chi connectivity index (χ3v) is 3.57. The van der Waals surface area contributed by atoms with Gasteiger partial charge in [0.05, 0.1) is 6.10 Å². The van der Waals surface area contributed by atoms with Gasteiger partial charge in [-0.25, -0.2) is 0 Å². The average Bonchev–Trinajstić information content (AvgIpc) is 2.35. The molecule has 2 rings (SSSR count). The molecule has 18 heavy (non-hydrogen) atoms. The van der Waals surface area contributed by atoms with Crippen LogP contribution in [0.2, 0.25) is 5.02 Å². The molecule has 0 aliphatic carbocycles. The molecule has 0 aliphatic heterocycles. The Hall–Kier alpha value is -1.31. The number of rotatable bonds is 3. The third-order valence-electron chi connectivity index (χ3n) is 3.24. The smallest absolute Gasteiger partial charge is 0.0844 e. The van der Waals surface area contributed by atoms with Gasteiger partial charge in [-0.15, -0.1) is 0 Å². The number of hydrogen-bond donors (Lipinski definition) is 1. The Morgan fingerprint density at radius 1 is 1.06 bits per heavy atom. The Morgan fingerprint density at radius 3 is 2.33 bits per heavy atom. The number of aliphatic hydroxyl groups is 1. The fourth-order valence-electron chi connectivity index (χ4n) is 2.01. The molecular weight excluding hydrogens is 244 g/mol. The van der Waals surface area contributed by atoms with Gasteiger partial charge in [-0.2, -0.15) is 0 Å². The quantitative estimate of drug-likeness (QED) is 0.876. The lowest BCUT2D eigenvalue weighted by Gasteiger charge is -2.15. The number of aliphatic hydroxyl groups excluding tert-OH is 1. The molecular formula is C16H17ClO. The minimum absolute atomic E-state index is 0.556. The van der Waals surface area contributed by atoms with E-state index in [2.05, 4.69) is 0 Å². The third kappa shape index (κ3) is 2.92. The minimum atomic E-state index is -0.556. The van der Waals surface area contributed by atoms with E-state index in [4.69, 9.17) is 11.6 Å². The van der Waals surface area contributed by atoms with Gasteiger partial charge < -0.3 is 5.11 Å². The van der Waals surface area contributed by atoms with Crippen molar-refractivity contribution >= 4 is 11.6 Å². The monoisotopic (exact) mass is 260 g/mol. The Balaban J connectivity index is 2.24. The van der Waals surface area contributed by atoms with Gasteiger partial charge in [-0.3, -0.25) is 0 Å². The second kappa shape index (κ2) is 5.55. The van der Waals surface area contributed by atoms with E-state index in [1.807, 2.05) is 56.3 Å². The molecule has 2 aromatic carbocycles. The molecule has 94 valence electrons. The summed E-state index contributed by atoms with van der Waals surface area (Å²) in [6.07, 6.45) is 0.0301. The first-order valence-corrected chi connectivity index (χ1v) is 6.44. The van der Waals surface area contributed by atoms with Gasteiger partial charge in [0.1, 0.15) is 0 Å². The SMILES string of the molecule is Cc1cc(Cl)c(C(O)Cc2ccccc2)cc1C. The van der Waals surface area contributed by atoms with Crippen LogP contribution < -0.4 is 0 Å². The first-order valence-electron chi connectivity index (χ1n) is 6.06. The molecule has 0 saturated carbocycles. The van der Waals surface area contributed by atoms with Crippen molar-refractivity contribution in [3.8, 4) is 0 Å². The van der Waals surface area contributed by atoms with E-state index < -0.39 is 6.10 Å². The number of halogens is 1. The van der Waals surface area contributed by atoms with E-state index in [9.17, 15) is 5.11 Å². The van der Waals surface area contributed by atoms with Crippen LogP contribution in [0, 0.1) is 13.8 Å². The van der Waals surface area contributed by atoms with Crippen molar-refractivity contribution in [2.45, 2.75) is 26.4 Å². The first kappa shape index (κ1) is 13.1. The molecule has 2 heteroatoms. The summed E-state index contributed by atoms with van der Waals surface area (Å²) >= 11 is 6.20. The largest absolute Gasteiger partial charge is 0.388 e. The lowest BCUT2D eigenvalue weighted by atomic mass is 9.98. The Kier molecular flexibility index (Phi) is 4.05. The summed E-state index contributed by atoms with van der Waals surface area (Å²) in [6.45, 7) is 4.05. The van der Waals surface area contributed by atoms with Crippen molar-refractivity contribution < 1.29 is 5.11 Å². The topological polar surface area (TPSA) is 20.2 Å². The highest BCUT2D eigenvalue weighted by atomic mass is 35.5. The van der Waals surface area contributed by atoms with Gasteiger partial charge in [0, 0.05) is 11.4 Å². The molecule has 0 heterocycles. The Labute approximate surface area is 113 Å². The van der Waals surface area contributed by atoms with Crippen molar-refractivity contribution in [1.29, 1.82) is 0 Å². The van der Waals surface area contributed by atoms with Crippen molar-refractivity contribution in [1.82, 2.24) is 0 Å². The minimum Gasteiger partial charge on any atom is -0.388 e. The zero-order valence-corrected chi connectivity index (χ0v) is 11.4. The summed E-state index contributed by atoms with van der Waals surface area (Å²) in [7, 11) is 0. The normalized spacial score (nSPS) is 12.4. The van der Waals surface area contributed by atoms with Gasteiger partial charge in [0.25, 0.3) is 0 Å². The molecule has 1 N–H and O–H groups in total. The molecule has 0 fully saturated rings. The Morgan fingerprint density at radius 2 is 1.67 bits per heavy atom. The molecule has 1 nitrogen and oxygen atoms in total. The maximum Gasteiger partial charge on any atom is 0.0844 e. The second-order valence-corrected chi connectivity index (χ2v) is 5.07. The molecule has 0 spiro atoms. The highest BCUT2D eigenvalue weighted by molar-refractivity contribution is 6.31. The van der Waals surface area contributed by atoms with Crippen molar-refractivity contribution in [2.75, 3.05) is 0 Å². The molecule has 0 bridgehead atoms. The molecule has 0 saturated heterocycles. The summed E-state index contributed by atoms with van der Waals surface area (Å²) < 4.78 is 0. The number of aryl methyl sites for hydroxylation is 2. The highest BCUT2D eigenvalue weighted by Crippen LogP contribution is 2.28. The highest BCUT2D eigenvalue weighted by Gasteiger charge is 2.13. The van der Waals surface area contributed by atoms with Crippen LogP contribution >= 0.6 is 11.6 Å².